The lowest BCUT2D eigenvalue weighted by molar-refractivity contribution is 0.301. The number of aromatic nitrogens is 1. The predicted octanol–water partition coefficient (Wildman–Crippen LogP) is 5.76. The largest absolute Gasteiger partial charge is 0.486 e. The van der Waals surface area contributed by atoms with Crippen LogP contribution in [0.1, 0.15) is 30.3 Å². The molecule has 0 aliphatic carbocycles. The van der Waals surface area contributed by atoms with Crippen molar-refractivity contribution in [1.82, 2.24) is 4.98 Å². The Morgan fingerprint density at radius 1 is 1.19 bits per heavy atom. The number of hydrogen-bond donors (Lipinski definition) is 0. The van der Waals surface area contributed by atoms with Crippen molar-refractivity contribution < 1.29 is 4.74 Å². The molecule has 1 heterocycles. The van der Waals surface area contributed by atoms with Crippen molar-refractivity contribution >= 4 is 37.5 Å². The second kappa shape index (κ2) is 6.16. The van der Waals surface area contributed by atoms with Gasteiger partial charge in [-0.3, -0.25) is 0 Å². The molecular weight excluding hydrogens is 346 g/mol. The average molecular weight is 362 g/mol. The van der Waals surface area contributed by atoms with Crippen molar-refractivity contribution in [3.63, 3.8) is 0 Å². The van der Waals surface area contributed by atoms with Gasteiger partial charge in [0.1, 0.15) is 17.4 Å². The summed E-state index contributed by atoms with van der Waals surface area (Å²) in [4.78, 5) is 4.60. The third-order valence-electron chi connectivity index (χ3n) is 3.28. The van der Waals surface area contributed by atoms with Gasteiger partial charge < -0.3 is 4.74 Å². The first kappa shape index (κ1) is 14.5. The van der Waals surface area contributed by atoms with Crippen molar-refractivity contribution in [2.75, 3.05) is 0 Å². The molecule has 0 atom stereocenters. The topological polar surface area (TPSA) is 22.1 Å². The van der Waals surface area contributed by atoms with Gasteiger partial charge in [0.05, 0.1) is 10.2 Å². The minimum Gasteiger partial charge on any atom is -0.486 e. The van der Waals surface area contributed by atoms with Crippen LogP contribution >= 0.6 is 27.3 Å². The smallest absolute Gasteiger partial charge is 0.140 e. The van der Waals surface area contributed by atoms with Gasteiger partial charge in [-0.1, -0.05) is 41.9 Å². The van der Waals surface area contributed by atoms with Crippen LogP contribution in [-0.4, -0.2) is 4.98 Å². The van der Waals surface area contributed by atoms with E-state index in [1.165, 1.54) is 10.3 Å². The van der Waals surface area contributed by atoms with Crippen molar-refractivity contribution in [2.45, 2.75) is 26.4 Å². The number of hydrogen-bond acceptors (Lipinski definition) is 3. The van der Waals surface area contributed by atoms with Crippen LogP contribution in [-0.2, 0) is 6.61 Å². The van der Waals surface area contributed by atoms with Gasteiger partial charge in [0, 0.05) is 4.47 Å². The summed E-state index contributed by atoms with van der Waals surface area (Å²) in [6.07, 6.45) is 0. The van der Waals surface area contributed by atoms with Crippen molar-refractivity contribution in [3.05, 3.63) is 57.5 Å². The minimum atomic E-state index is 0.424. The van der Waals surface area contributed by atoms with Crippen LogP contribution in [0.3, 0.4) is 0 Å². The van der Waals surface area contributed by atoms with Gasteiger partial charge in [-0.05, 0) is 41.8 Å². The summed E-state index contributed by atoms with van der Waals surface area (Å²) in [5.74, 6) is 1.36. The maximum absolute atomic E-state index is 6.00. The molecule has 0 amide bonds. The zero-order valence-electron chi connectivity index (χ0n) is 12.0. The Bertz CT molecular complexity index is 733. The lowest BCUT2D eigenvalue weighted by Gasteiger charge is -2.13. The summed E-state index contributed by atoms with van der Waals surface area (Å²) in [5, 5.41) is 1.01. The summed E-state index contributed by atoms with van der Waals surface area (Å²) in [7, 11) is 0. The van der Waals surface area contributed by atoms with Gasteiger partial charge in [-0.2, -0.15) is 0 Å². The molecular formula is C17H16BrNOS. The first-order chi connectivity index (χ1) is 10.1. The highest BCUT2D eigenvalue weighted by Crippen LogP contribution is 2.31. The molecule has 2 aromatic carbocycles. The molecule has 21 heavy (non-hydrogen) atoms. The van der Waals surface area contributed by atoms with E-state index < -0.39 is 0 Å². The Hall–Kier alpha value is -1.39. The summed E-state index contributed by atoms with van der Waals surface area (Å²) in [5.41, 5.74) is 2.26. The van der Waals surface area contributed by atoms with Crippen molar-refractivity contribution in [3.8, 4) is 5.75 Å². The molecule has 3 aromatic rings. The summed E-state index contributed by atoms with van der Waals surface area (Å²) >= 11 is 5.21. The van der Waals surface area contributed by atoms with Gasteiger partial charge in [0.2, 0.25) is 0 Å². The van der Waals surface area contributed by atoms with E-state index in [4.69, 9.17) is 4.74 Å². The number of benzene rings is 2. The molecule has 0 N–H and O–H groups in total. The first-order valence-electron chi connectivity index (χ1n) is 6.90. The van der Waals surface area contributed by atoms with E-state index in [0.29, 0.717) is 12.5 Å². The van der Waals surface area contributed by atoms with E-state index in [1.54, 1.807) is 11.3 Å². The molecule has 0 bridgehead atoms. The van der Waals surface area contributed by atoms with Crippen molar-refractivity contribution in [1.29, 1.82) is 0 Å². The molecule has 1 aromatic heterocycles. The second-order valence-electron chi connectivity index (χ2n) is 5.20. The normalized spacial score (nSPS) is 11.2. The highest BCUT2D eigenvalue weighted by Gasteiger charge is 2.10. The third kappa shape index (κ3) is 3.27. The van der Waals surface area contributed by atoms with Gasteiger partial charge in [0.15, 0.2) is 0 Å². The van der Waals surface area contributed by atoms with E-state index in [9.17, 15) is 0 Å². The van der Waals surface area contributed by atoms with E-state index in [0.717, 1.165) is 20.7 Å². The van der Waals surface area contributed by atoms with E-state index >= 15 is 0 Å². The molecule has 3 rings (SSSR count). The van der Waals surface area contributed by atoms with E-state index in [2.05, 4.69) is 46.9 Å². The lowest BCUT2D eigenvalue weighted by Crippen LogP contribution is -1.99. The van der Waals surface area contributed by atoms with Gasteiger partial charge in [0.25, 0.3) is 0 Å². The van der Waals surface area contributed by atoms with Crippen LogP contribution in [0.15, 0.2) is 46.9 Å². The van der Waals surface area contributed by atoms with E-state index in [-0.39, 0.29) is 0 Å². The van der Waals surface area contributed by atoms with Crippen molar-refractivity contribution in [2.24, 2.45) is 0 Å². The fourth-order valence-electron chi connectivity index (χ4n) is 2.22. The average Bonchev–Trinajstić information content (AvgIpc) is 2.88. The van der Waals surface area contributed by atoms with Crippen LogP contribution in [0.5, 0.6) is 5.75 Å². The fraction of sp³-hybridized carbons (Fsp3) is 0.235. The number of fused-ring (bicyclic) bond motifs is 1. The molecule has 0 saturated carbocycles. The minimum absolute atomic E-state index is 0.424. The SMILES string of the molecule is CC(C)c1cc(Br)ccc1OCc1nc2ccccc2s1. The Morgan fingerprint density at radius 2 is 2.00 bits per heavy atom. The van der Waals surface area contributed by atoms with Crippen LogP contribution in [0.2, 0.25) is 0 Å². The quantitative estimate of drug-likeness (QED) is 0.589. The number of rotatable bonds is 4. The Labute approximate surface area is 136 Å². The van der Waals surface area contributed by atoms with Crippen LogP contribution < -0.4 is 4.74 Å². The molecule has 0 radical (unpaired) electrons. The highest BCUT2D eigenvalue weighted by atomic mass is 79.9. The Balaban J connectivity index is 1.81. The number of nitrogens with zero attached hydrogens (tertiary/aromatic N) is 1. The monoisotopic (exact) mass is 361 g/mol. The summed E-state index contributed by atoms with van der Waals surface area (Å²) < 4.78 is 8.28. The van der Waals surface area contributed by atoms with E-state index in [1.807, 2.05) is 30.3 Å². The Kier molecular flexibility index (Phi) is 4.27. The third-order valence-corrected chi connectivity index (χ3v) is 4.79. The van der Waals surface area contributed by atoms with Crippen LogP contribution in [0.25, 0.3) is 10.2 Å². The standard InChI is InChI=1S/C17H16BrNOS/c1-11(2)13-9-12(18)7-8-15(13)20-10-17-19-14-5-3-4-6-16(14)21-17/h3-9,11H,10H2,1-2H3. The second-order valence-corrected chi connectivity index (χ2v) is 7.23. The number of para-hydroxylation sites is 1. The maximum atomic E-state index is 6.00. The molecule has 0 fully saturated rings. The highest BCUT2D eigenvalue weighted by molar-refractivity contribution is 9.10. The molecule has 0 saturated heterocycles. The van der Waals surface area contributed by atoms with Crippen LogP contribution in [0, 0.1) is 0 Å². The van der Waals surface area contributed by atoms with Gasteiger partial charge in [-0.15, -0.1) is 11.3 Å². The summed E-state index contributed by atoms with van der Waals surface area (Å²) in [6.45, 7) is 4.86. The van der Waals surface area contributed by atoms with Gasteiger partial charge >= 0.3 is 0 Å². The number of ether oxygens (including phenoxy) is 1. The summed E-state index contributed by atoms with van der Waals surface area (Å²) in [6, 6.07) is 14.3. The van der Waals surface area contributed by atoms with Crippen LogP contribution in [0.4, 0.5) is 0 Å². The molecule has 0 aliphatic rings. The molecule has 2 nitrogen and oxygen atoms in total. The fourth-order valence-corrected chi connectivity index (χ4v) is 3.48. The zero-order chi connectivity index (χ0) is 14.8. The predicted molar refractivity (Wildman–Crippen MR) is 92.2 cm³/mol. The number of halogens is 1. The molecule has 0 unspecified atom stereocenters. The van der Waals surface area contributed by atoms with Gasteiger partial charge in [-0.25, -0.2) is 4.98 Å². The molecule has 0 spiro atoms. The Morgan fingerprint density at radius 3 is 2.76 bits per heavy atom. The maximum Gasteiger partial charge on any atom is 0.140 e. The zero-order valence-corrected chi connectivity index (χ0v) is 14.4. The molecule has 0 aliphatic heterocycles. The lowest BCUT2D eigenvalue weighted by atomic mass is 10.0. The molecule has 108 valence electrons. The molecule has 4 heteroatoms. The first-order valence-corrected chi connectivity index (χ1v) is 8.51. The number of thiazole rings is 1.